The zero-order valence-corrected chi connectivity index (χ0v) is 16.9. The fraction of sp³-hybridized carbons (Fsp3) is 0.190. The minimum absolute atomic E-state index is 0.192. The molecule has 3 aromatic rings. The lowest BCUT2D eigenvalue weighted by Gasteiger charge is -2.13. The molecular weight excluding hydrogens is 376 g/mol. The van der Waals surface area contributed by atoms with Gasteiger partial charge in [0.1, 0.15) is 0 Å². The van der Waals surface area contributed by atoms with Crippen LogP contribution in [0.2, 0.25) is 5.02 Å². The summed E-state index contributed by atoms with van der Waals surface area (Å²) in [6.45, 7) is 3.83. The largest absolute Gasteiger partial charge is 0.345 e. The number of aromatic nitrogens is 2. The number of nitrogens with zero attached hydrogens (tertiary/aromatic N) is 3. The van der Waals surface area contributed by atoms with Gasteiger partial charge >= 0.3 is 0 Å². The summed E-state index contributed by atoms with van der Waals surface area (Å²) in [5.41, 5.74) is 4.11. The molecule has 0 saturated heterocycles. The maximum atomic E-state index is 12.8. The molecular formula is C21H21ClN4O2. The zero-order valence-electron chi connectivity index (χ0n) is 16.2. The summed E-state index contributed by atoms with van der Waals surface area (Å²) in [6.07, 6.45) is 3.46. The van der Waals surface area contributed by atoms with Crippen molar-refractivity contribution in [2.24, 2.45) is 0 Å². The Bertz CT molecular complexity index is 1040. The fourth-order valence-electron chi connectivity index (χ4n) is 3.08. The van der Waals surface area contributed by atoms with E-state index in [1.165, 1.54) is 4.90 Å². The third-order valence-electron chi connectivity index (χ3n) is 4.44. The molecule has 0 fully saturated rings. The lowest BCUT2D eigenvalue weighted by Crippen LogP contribution is -2.22. The van der Waals surface area contributed by atoms with Gasteiger partial charge in [0.15, 0.2) is 0 Å². The van der Waals surface area contributed by atoms with Crippen LogP contribution in [0.4, 0.5) is 5.69 Å². The third-order valence-corrected chi connectivity index (χ3v) is 4.76. The van der Waals surface area contributed by atoms with E-state index in [1.807, 2.05) is 36.6 Å². The van der Waals surface area contributed by atoms with E-state index in [0.29, 0.717) is 16.8 Å². The van der Waals surface area contributed by atoms with E-state index in [1.54, 1.807) is 44.7 Å². The van der Waals surface area contributed by atoms with Gasteiger partial charge in [0.2, 0.25) is 0 Å². The van der Waals surface area contributed by atoms with E-state index in [0.717, 1.165) is 17.1 Å². The molecule has 1 N–H and O–H groups in total. The van der Waals surface area contributed by atoms with Crippen molar-refractivity contribution in [2.45, 2.75) is 13.8 Å². The van der Waals surface area contributed by atoms with Crippen molar-refractivity contribution in [1.29, 1.82) is 0 Å². The Morgan fingerprint density at radius 1 is 1.11 bits per heavy atom. The number of nitrogens with one attached hydrogen (secondary N) is 1. The van der Waals surface area contributed by atoms with Gasteiger partial charge in [-0.15, -0.1) is 0 Å². The SMILES string of the molecule is Cc1cc(C(=O)Nc2ccc(C(=O)N(C)C)c(Cl)c2)c(C)n1-c1cccnc1. The summed E-state index contributed by atoms with van der Waals surface area (Å²) in [7, 11) is 3.32. The van der Waals surface area contributed by atoms with Gasteiger partial charge in [-0.05, 0) is 50.2 Å². The van der Waals surface area contributed by atoms with Crippen LogP contribution in [0.1, 0.15) is 32.1 Å². The summed E-state index contributed by atoms with van der Waals surface area (Å²) in [5, 5.41) is 3.14. The first-order valence-corrected chi connectivity index (χ1v) is 9.09. The van der Waals surface area contributed by atoms with Crippen molar-refractivity contribution in [2.75, 3.05) is 19.4 Å². The minimum Gasteiger partial charge on any atom is -0.345 e. The van der Waals surface area contributed by atoms with Gasteiger partial charge in [0.25, 0.3) is 11.8 Å². The molecule has 1 aromatic carbocycles. The number of pyridine rings is 1. The van der Waals surface area contributed by atoms with Crippen LogP contribution in [0.25, 0.3) is 5.69 Å². The van der Waals surface area contributed by atoms with Gasteiger partial charge in [-0.3, -0.25) is 14.6 Å². The summed E-state index contributed by atoms with van der Waals surface area (Å²) in [5.74, 6) is -0.436. The lowest BCUT2D eigenvalue weighted by atomic mass is 10.1. The predicted molar refractivity (Wildman–Crippen MR) is 110 cm³/mol. The molecule has 7 heteroatoms. The average molecular weight is 397 g/mol. The number of anilines is 1. The molecule has 0 atom stereocenters. The van der Waals surface area contributed by atoms with Crippen molar-refractivity contribution in [3.63, 3.8) is 0 Å². The van der Waals surface area contributed by atoms with Crippen LogP contribution in [-0.4, -0.2) is 40.4 Å². The highest BCUT2D eigenvalue weighted by Gasteiger charge is 2.18. The molecule has 2 heterocycles. The summed E-state index contributed by atoms with van der Waals surface area (Å²) >= 11 is 6.23. The maximum Gasteiger partial charge on any atom is 0.257 e. The van der Waals surface area contributed by atoms with Crippen LogP contribution < -0.4 is 5.32 Å². The van der Waals surface area contributed by atoms with Crippen molar-refractivity contribution in [1.82, 2.24) is 14.5 Å². The lowest BCUT2D eigenvalue weighted by molar-refractivity contribution is 0.0827. The number of amides is 2. The molecule has 0 aliphatic carbocycles. The van der Waals surface area contributed by atoms with E-state index in [-0.39, 0.29) is 16.8 Å². The summed E-state index contributed by atoms with van der Waals surface area (Å²) < 4.78 is 1.98. The fourth-order valence-corrected chi connectivity index (χ4v) is 3.34. The van der Waals surface area contributed by atoms with Gasteiger partial charge in [0.05, 0.1) is 28.0 Å². The first-order valence-electron chi connectivity index (χ1n) is 8.71. The summed E-state index contributed by atoms with van der Waals surface area (Å²) in [4.78, 5) is 30.5. The standard InChI is InChI=1S/C21H21ClN4O2/c1-13-10-18(14(2)26(13)16-6-5-9-23-12-16)20(27)24-15-7-8-17(19(22)11-15)21(28)25(3)4/h5-12H,1-4H3,(H,24,27). The van der Waals surface area contributed by atoms with Gasteiger partial charge in [-0.25, -0.2) is 0 Å². The van der Waals surface area contributed by atoms with E-state index < -0.39 is 0 Å². The molecule has 0 unspecified atom stereocenters. The topological polar surface area (TPSA) is 67.2 Å². The van der Waals surface area contributed by atoms with Crippen LogP contribution >= 0.6 is 11.6 Å². The number of hydrogen-bond donors (Lipinski definition) is 1. The molecule has 0 aliphatic rings. The van der Waals surface area contributed by atoms with Crippen molar-refractivity contribution >= 4 is 29.1 Å². The van der Waals surface area contributed by atoms with Crippen molar-refractivity contribution < 1.29 is 9.59 Å². The molecule has 144 valence electrons. The Kier molecular flexibility index (Phi) is 5.51. The molecule has 6 nitrogen and oxygen atoms in total. The molecule has 2 amide bonds. The number of carbonyl (C=O) groups is 2. The van der Waals surface area contributed by atoms with Crippen LogP contribution in [-0.2, 0) is 0 Å². The Labute approximate surface area is 168 Å². The monoisotopic (exact) mass is 396 g/mol. The highest BCUT2D eigenvalue weighted by molar-refractivity contribution is 6.34. The van der Waals surface area contributed by atoms with E-state index >= 15 is 0 Å². The van der Waals surface area contributed by atoms with Gasteiger partial charge in [0, 0.05) is 37.4 Å². The molecule has 28 heavy (non-hydrogen) atoms. The molecule has 0 saturated carbocycles. The first-order chi connectivity index (χ1) is 13.3. The second kappa shape index (κ2) is 7.86. The number of benzene rings is 1. The van der Waals surface area contributed by atoms with E-state index in [2.05, 4.69) is 10.3 Å². The second-order valence-electron chi connectivity index (χ2n) is 6.68. The zero-order chi connectivity index (χ0) is 20.4. The second-order valence-corrected chi connectivity index (χ2v) is 7.09. The Balaban J connectivity index is 1.86. The predicted octanol–water partition coefficient (Wildman–Crippen LogP) is 4.10. The molecule has 0 bridgehead atoms. The number of aryl methyl sites for hydroxylation is 1. The van der Waals surface area contributed by atoms with E-state index in [4.69, 9.17) is 11.6 Å². The Morgan fingerprint density at radius 3 is 2.46 bits per heavy atom. The molecule has 3 rings (SSSR count). The highest BCUT2D eigenvalue weighted by Crippen LogP contribution is 2.24. The number of hydrogen-bond acceptors (Lipinski definition) is 3. The van der Waals surface area contributed by atoms with Crippen LogP contribution in [0, 0.1) is 13.8 Å². The quantitative estimate of drug-likeness (QED) is 0.722. The Hall–Kier alpha value is -3.12. The maximum absolute atomic E-state index is 12.8. The number of rotatable bonds is 4. The number of halogens is 1. The number of carbonyl (C=O) groups excluding carboxylic acids is 2. The van der Waals surface area contributed by atoms with Crippen LogP contribution in [0.3, 0.4) is 0 Å². The molecule has 2 aromatic heterocycles. The van der Waals surface area contributed by atoms with Gasteiger partial charge < -0.3 is 14.8 Å². The first kappa shape index (κ1) is 19.6. The van der Waals surface area contributed by atoms with Crippen LogP contribution in [0.15, 0.2) is 48.8 Å². The smallest absolute Gasteiger partial charge is 0.257 e. The van der Waals surface area contributed by atoms with Gasteiger partial charge in [-0.2, -0.15) is 0 Å². The average Bonchev–Trinajstić information content (AvgIpc) is 2.96. The molecule has 0 radical (unpaired) electrons. The van der Waals surface area contributed by atoms with E-state index in [9.17, 15) is 9.59 Å². The van der Waals surface area contributed by atoms with Crippen molar-refractivity contribution in [3.8, 4) is 5.69 Å². The Morgan fingerprint density at radius 2 is 1.86 bits per heavy atom. The molecule has 0 aliphatic heterocycles. The molecule has 0 spiro atoms. The van der Waals surface area contributed by atoms with Crippen LogP contribution in [0.5, 0.6) is 0 Å². The highest BCUT2D eigenvalue weighted by atomic mass is 35.5. The van der Waals surface area contributed by atoms with Gasteiger partial charge in [-0.1, -0.05) is 11.6 Å². The third kappa shape index (κ3) is 3.77. The minimum atomic E-state index is -0.244. The normalized spacial score (nSPS) is 10.6. The van der Waals surface area contributed by atoms with Crippen molar-refractivity contribution in [3.05, 3.63) is 76.3 Å². The summed E-state index contributed by atoms with van der Waals surface area (Å²) in [6, 6.07) is 10.5.